The molecule has 0 saturated heterocycles. The molecule has 0 atom stereocenters. The largest absolute Gasteiger partial charge is 0.275 e. The van der Waals surface area contributed by atoms with Crippen LogP contribution in [0.1, 0.15) is 13.8 Å². The Balaban J connectivity index is 2.30. The van der Waals surface area contributed by atoms with E-state index in [9.17, 15) is 0 Å². The molecule has 4 nitrogen and oxygen atoms in total. The second-order valence-electron chi connectivity index (χ2n) is 2.35. The molecule has 0 spiro atoms. The minimum absolute atomic E-state index is 0.385. The molecule has 0 unspecified atom stereocenters. The Morgan fingerprint density at radius 2 is 2.40 bits per heavy atom. The van der Waals surface area contributed by atoms with Crippen LogP contribution in [0.25, 0.3) is 0 Å². The van der Waals surface area contributed by atoms with Crippen molar-refractivity contribution in [3.8, 4) is 0 Å². The summed E-state index contributed by atoms with van der Waals surface area (Å²) in [6.07, 6.45) is 5.35. The molecule has 0 radical (unpaired) electrons. The second-order valence-corrected chi connectivity index (χ2v) is 2.35. The predicted octanol–water partition coefficient (Wildman–Crippen LogP) is 0.219. The van der Waals surface area contributed by atoms with Crippen LogP contribution in [0.4, 0.5) is 0 Å². The third-order valence-electron chi connectivity index (χ3n) is 0.942. The molecular formula is C6H12N4. The van der Waals surface area contributed by atoms with Crippen molar-refractivity contribution in [2.45, 2.75) is 19.9 Å². The van der Waals surface area contributed by atoms with Crippen LogP contribution < -0.4 is 10.9 Å². The van der Waals surface area contributed by atoms with Gasteiger partial charge in [0.25, 0.3) is 0 Å². The van der Waals surface area contributed by atoms with Crippen LogP contribution in [0.2, 0.25) is 0 Å². The highest BCUT2D eigenvalue weighted by Gasteiger charge is 1.99. The van der Waals surface area contributed by atoms with Gasteiger partial charge in [-0.05, 0) is 19.9 Å². The van der Waals surface area contributed by atoms with Gasteiger partial charge in [0.05, 0.1) is 6.21 Å². The second kappa shape index (κ2) is 3.22. The maximum Gasteiger partial charge on any atom is 0.0522 e. The molecule has 56 valence electrons. The highest BCUT2D eigenvalue weighted by molar-refractivity contribution is 5.70. The molecule has 2 N–H and O–H groups in total. The van der Waals surface area contributed by atoms with Crippen molar-refractivity contribution in [2.24, 2.45) is 5.10 Å². The first-order chi connectivity index (χ1) is 4.79. The van der Waals surface area contributed by atoms with E-state index in [1.165, 1.54) is 0 Å². The molecule has 1 aliphatic heterocycles. The first-order valence-corrected chi connectivity index (χ1v) is 3.30. The standard InChI is InChI=1S/C6H12N4/c1-6(2)9-10-7-4-3-5-8-10/h3-7,9H,1-2H3. The van der Waals surface area contributed by atoms with Gasteiger partial charge in [-0.1, -0.05) is 0 Å². The fraction of sp³-hybridized carbons (Fsp3) is 0.500. The van der Waals surface area contributed by atoms with E-state index in [2.05, 4.69) is 29.8 Å². The van der Waals surface area contributed by atoms with Gasteiger partial charge in [0, 0.05) is 12.2 Å². The van der Waals surface area contributed by atoms with Crippen LogP contribution in [0, 0.1) is 0 Å². The highest BCUT2D eigenvalue weighted by Crippen LogP contribution is 1.86. The summed E-state index contributed by atoms with van der Waals surface area (Å²) in [5.74, 6) is 0. The molecule has 0 saturated carbocycles. The van der Waals surface area contributed by atoms with E-state index < -0.39 is 0 Å². The van der Waals surface area contributed by atoms with Crippen LogP contribution in [-0.4, -0.2) is 17.5 Å². The zero-order valence-corrected chi connectivity index (χ0v) is 6.20. The fourth-order valence-electron chi connectivity index (χ4n) is 0.610. The Morgan fingerprint density at radius 3 is 2.90 bits per heavy atom. The van der Waals surface area contributed by atoms with E-state index in [0.29, 0.717) is 6.04 Å². The Bertz CT molecular complexity index is 150. The zero-order chi connectivity index (χ0) is 7.40. The van der Waals surface area contributed by atoms with Gasteiger partial charge in [-0.15, -0.1) is 10.3 Å². The Hall–Kier alpha value is -1.03. The van der Waals surface area contributed by atoms with E-state index in [1.54, 1.807) is 11.4 Å². The number of hydrogen-bond donors (Lipinski definition) is 2. The van der Waals surface area contributed by atoms with Gasteiger partial charge in [-0.2, -0.15) is 5.43 Å². The molecule has 0 aliphatic carbocycles. The smallest absolute Gasteiger partial charge is 0.0522 e. The molecular weight excluding hydrogens is 128 g/mol. The summed E-state index contributed by atoms with van der Waals surface area (Å²) >= 11 is 0. The van der Waals surface area contributed by atoms with Crippen molar-refractivity contribution in [2.75, 3.05) is 0 Å². The van der Waals surface area contributed by atoms with Gasteiger partial charge in [0.15, 0.2) is 0 Å². The monoisotopic (exact) mass is 140 g/mol. The maximum absolute atomic E-state index is 3.97. The fourth-order valence-corrected chi connectivity index (χ4v) is 0.610. The summed E-state index contributed by atoms with van der Waals surface area (Å²) in [5.41, 5.74) is 5.95. The molecule has 0 amide bonds. The van der Waals surface area contributed by atoms with E-state index in [-0.39, 0.29) is 0 Å². The Labute approximate surface area is 60.5 Å². The summed E-state index contributed by atoms with van der Waals surface area (Å²) < 4.78 is 0. The molecule has 10 heavy (non-hydrogen) atoms. The number of hydrazone groups is 1. The Morgan fingerprint density at radius 1 is 1.60 bits per heavy atom. The molecule has 4 heteroatoms. The van der Waals surface area contributed by atoms with Crippen molar-refractivity contribution in [1.29, 1.82) is 0 Å². The molecule has 1 aliphatic rings. The average molecular weight is 140 g/mol. The summed E-state index contributed by atoms with van der Waals surface area (Å²) in [5, 5.41) is 5.54. The lowest BCUT2D eigenvalue weighted by Gasteiger charge is -2.22. The van der Waals surface area contributed by atoms with Crippen LogP contribution in [0.3, 0.4) is 0 Å². The summed E-state index contributed by atoms with van der Waals surface area (Å²) in [4.78, 5) is 0. The predicted molar refractivity (Wildman–Crippen MR) is 40.9 cm³/mol. The molecule has 0 aromatic rings. The molecule has 0 aromatic carbocycles. The van der Waals surface area contributed by atoms with Crippen LogP contribution in [-0.2, 0) is 0 Å². The minimum Gasteiger partial charge on any atom is -0.275 e. The zero-order valence-electron chi connectivity index (χ0n) is 6.20. The van der Waals surface area contributed by atoms with Crippen LogP contribution >= 0.6 is 0 Å². The lowest BCUT2D eigenvalue weighted by molar-refractivity contribution is 0.127. The van der Waals surface area contributed by atoms with E-state index in [1.807, 2.05) is 12.3 Å². The van der Waals surface area contributed by atoms with E-state index in [4.69, 9.17) is 0 Å². The molecule has 0 aromatic heterocycles. The van der Waals surface area contributed by atoms with Crippen molar-refractivity contribution >= 4 is 6.21 Å². The van der Waals surface area contributed by atoms with Gasteiger partial charge in [-0.25, -0.2) is 0 Å². The minimum atomic E-state index is 0.385. The summed E-state index contributed by atoms with van der Waals surface area (Å²) in [6, 6.07) is 0.385. The normalized spacial score (nSPS) is 16.1. The first kappa shape index (κ1) is 7.08. The van der Waals surface area contributed by atoms with Crippen molar-refractivity contribution < 1.29 is 0 Å². The van der Waals surface area contributed by atoms with Crippen LogP contribution in [0.5, 0.6) is 0 Å². The average Bonchev–Trinajstić information content (AvgIpc) is 1.88. The summed E-state index contributed by atoms with van der Waals surface area (Å²) in [7, 11) is 0. The molecule has 0 bridgehead atoms. The van der Waals surface area contributed by atoms with Crippen LogP contribution in [0.15, 0.2) is 17.4 Å². The number of nitrogens with one attached hydrogen (secondary N) is 2. The number of rotatable bonds is 2. The summed E-state index contributed by atoms with van der Waals surface area (Å²) in [6.45, 7) is 4.10. The van der Waals surface area contributed by atoms with Crippen molar-refractivity contribution in [3.63, 3.8) is 0 Å². The number of hydrogen-bond acceptors (Lipinski definition) is 4. The van der Waals surface area contributed by atoms with Gasteiger partial charge in [-0.3, -0.25) is 5.43 Å². The topological polar surface area (TPSA) is 39.7 Å². The third-order valence-corrected chi connectivity index (χ3v) is 0.942. The highest BCUT2D eigenvalue weighted by atomic mass is 15.9. The van der Waals surface area contributed by atoms with Gasteiger partial charge in [0.2, 0.25) is 0 Å². The first-order valence-electron chi connectivity index (χ1n) is 3.30. The number of nitrogens with zero attached hydrogens (tertiary/aromatic N) is 2. The lowest BCUT2D eigenvalue weighted by Crippen LogP contribution is -2.46. The molecule has 1 heterocycles. The quantitative estimate of drug-likeness (QED) is 0.576. The number of allylic oxidation sites excluding steroid dienone is 1. The third kappa shape index (κ3) is 2.06. The molecule has 1 rings (SSSR count). The maximum atomic E-state index is 3.97. The van der Waals surface area contributed by atoms with Crippen molar-refractivity contribution in [3.05, 3.63) is 12.3 Å². The Kier molecular flexibility index (Phi) is 2.28. The molecule has 0 fully saturated rings. The number of hydrazine groups is 2. The van der Waals surface area contributed by atoms with Gasteiger partial charge >= 0.3 is 0 Å². The SMILES string of the molecule is CC(C)NN1N=CC=CN1. The van der Waals surface area contributed by atoms with E-state index >= 15 is 0 Å². The van der Waals surface area contributed by atoms with Gasteiger partial charge in [0.1, 0.15) is 0 Å². The van der Waals surface area contributed by atoms with Crippen molar-refractivity contribution in [1.82, 2.24) is 16.1 Å². The van der Waals surface area contributed by atoms with Gasteiger partial charge < -0.3 is 0 Å². The van der Waals surface area contributed by atoms with E-state index in [0.717, 1.165) is 0 Å². The lowest BCUT2D eigenvalue weighted by atomic mass is 10.4.